The molecule has 1 unspecified atom stereocenters. The van der Waals surface area contributed by atoms with Gasteiger partial charge in [0.2, 0.25) is 0 Å². The second kappa shape index (κ2) is 6.20. The van der Waals surface area contributed by atoms with E-state index in [1.807, 2.05) is 23.9 Å². The lowest BCUT2D eigenvalue weighted by Gasteiger charge is -2.19. The van der Waals surface area contributed by atoms with Gasteiger partial charge >= 0.3 is 0 Å². The highest BCUT2D eigenvalue weighted by Gasteiger charge is 2.18. The van der Waals surface area contributed by atoms with Crippen LogP contribution < -0.4 is 0 Å². The van der Waals surface area contributed by atoms with Crippen LogP contribution in [0.2, 0.25) is 0 Å². The van der Waals surface area contributed by atoms with E-state index in [1.165, 1.54) is 0 Å². The van der Waals surface area contributed by atoms with Crippen molar-refractivity contribution in [3.63, 3.8) is 0 Å². The second-order valence-electron chi connectivity index (χ2n) is 4.63. The van der Waals surface area contributed by atoms with Crippen LogP contribution in [0.4, 0.5) is 5.69 Å². The minimum atomic E-state index is -0.287. The van der Waals surface area contributed by atoms with Crippen molar-refractivity contribution in [1.29, 1.82) is 0 Å². The van der Waals surface area contributed by atoms with Gasteiger partial charge in [0.05, 0.1) is 4.92 Å². The number of benzene rings is 1. The molecule has 1 aromatic rings. The van der Waals surface area contributed by atoms with Crippen molar-refractivity contribution in [2.24, 2.45) is 0 Å². The van der Waals surface area contributed by atoms with Gasteiger partial charge in [0.25, 0.3) is 5.69 Å². The van der Waals surface area contributed by atoms with Gasteiger partial charge < -0.3 is 0 Å². The fourth-order valence-electron chi connectivity index (χ4n) is 2.16. The molecule has 2 rings (SSSR count). The van der Waals surface area contributed by atoms with Crippen LogP contribution >= 0.6 is 11.8 Å². The summed E-state index contributed by atoms with van der Waals surface area (Å²) >= 11 is 1.99. The highest BCUT2D eigenvalue weighted by atomic mass is 32.2. The Balaban J connectivity index is 2.06. The van der Waals surface area contributed by atoms with E-state index in [2.05, 4.69) is 11.8 Å². The van der Waals surface area contributed by atoms with Crippen LogP contribution in [0, 0.1) is 10.1 Å². The lowest BCUT2D eigenvalue weighted by atomic mass is 10.1. The lowest BCUT2D eigenvalue weighted by molar-refractivity contribution is -0.385. The number of para-hydroxylation sites is 1. The molecule has 1 saturated heterocycles. The van der Waals surface area contributed by atoms with E-state index in [-0.39, 0.29) is 10.6 Å². The Labute approximate surface area is 112 Å². The summed E-state index contributed by atoms with van der Waals surface area (Å²) in [6.07, 6.45) is 1.16. The maximum Gasteiger partial charge on any atom is 0.273 e. The van der Waals surface area contributed by atoms with Crippen molar-refractivity contribution in [3.8, 4) is 0 Å². The molecule has 0 N–H and O–H groups in total. The first-order chi connectivity index (χ1) is 8.66. The summed E-state index contributed by atoms with van der Waals surface area (Å²) in [7, 11) is 0. The summed E-state index contributed by atoms with van der Waals surface area (Å²) in [6.45, 7) is 4.98. The molecule has 98 valence electrons. The van der Waals surface area contributed by atoms with Crippen molar-refractivity contribution < 1.29 is 4.92 Å². The van der Waals surface area contributed by atoms with Crippen LogP contribution in [0.1, 0.15) is 18.9 Å². The van der Waals surface area contributed by atoms with Crippen molar-refractivity contribution in [2.45, 2.75) is 25.1 Å². The number of nitrogens with zero attached hydrogens (tertiary/aromatic N) is 2. The zero-order chi connectivity index (χ0) is 13.0. The zero-order valence-electron chi connectivity index (χ0n) is 10.5. The molecule has 5 heteroatoms. The normalized spacial score (nSPS) is 21.5. The predicted molar refractivity (Wildman–Crippen MR) is 74.9 cm³/mol. The Morgan fingerprint density at radius 3 is 3.00 bits per heavy atom. The molecule has 18 heavy (non-hydrogen) atoms. The highest BCUT2D eigenvalue weighted by molar-refractivity contribution is 7.99. The Hall–Kier alpha value is -1.07. The smallest absolute Gasteiger partial charge is 0.273 e. The number of nitro groups is 1. The minimum absolute atomic E-state index is 0.238. The summed E-state index contributed by atoms with van der Waals surface area (Å²) in [5.74, 6) is 1.11. The third kappa shape index (κ3) is 3.46. The molecular formula is C13H18N2O2S. The van der Waals surface area contributed by atoms with Crippen molar-refractivity contribution >= 4 is 17.4 Å². The van der Waals surface area contributed by atoms with Crippen LogP contribution in [0.5, 0.6) is 0 Å². The van der Waals surface area contributed by atoms with Gasteiger partial charge in [-0.1, -0.05) is 25.1 Å². The molecule has 1 aromatic carbocycles. The molecule has 1 aliphatic heterocycles. The molecule has 0 amide bonds. The first-order valence-corrected chi connectivity index (χ1v) is 7.28. The Bertz CT molecular complexity index is 425. The second-order valence-corrected chi connectivity index (χ2v) is 6.18. The number of nitro benzene ring substituents is 1. The summed E-state index contributed by atoms with van der Waals surface area (Å²) in [5.41, 5.74) is 1.06. The topological polar surface area (TPSA) is 46.4 Å². The van der Waals surface area contributed by atoms with Gasteiger partial charge in [-0.15, -0.1) is 0 Å². The maximum absolute atomic E-state index is 11.0. The van der Waals surface area contributed by atoms with Gasteiger partial charge in [-0.3, -0.25) is 15.0 Å². The van der Waals surface area contributed by atoms with Crippen LogP contribution in [0.15, 0.2) is 24.3 Å². The van der Waals surface area contributed by atoms with Crippen LogP contribution in [0.25, 0.3) is 0 Å². The zero-order valence-corrected chi connectivity index (χ0v) is 11.4. The van der Waals surface area contributed by atoms with E-state index < -0.39 is 0 Å². The van der Waals surface area contributed by atoms with E-state index in [0.29, 0.717) is 11.8 Å². The summed E-state index contributed by atoms with van der Waals surface area (Å²) < 4.78 is 0. The molecule has 1 heterocycles. The SMILES string of the molecule is CC1CCN(Cc2ccccc2[N+](=O)[O-])CCS1. The molecule has 0 bridgehead atoms. The number of thioether (sulfide) groups is 1. The Morgan fingerprint density at radius 1 is 1.44 bits per heavy atom. The molecule has 1 fully saturated rings. The summed E-state index contributed by atoms with van der Waals surface area (Å²) in [5, 5.41) is 11.7. The standard InChI is InChI=1S/C13H18N2O2S/c1-11-6-7-14(8-9-18-11)10-12-4-2-3-5-13(12)15(16)17/h2-5,11H,6-10H2,1H3. The molecular weight excluding hydrogens is 248 g/mol. The highest BCUT2D eigenvalue weighted by Crippen LogP contribution is 2.23. The van der Waals surface area contributed by atoms with Crippen molar-refractivity contribution in [2.75, 3.05) is 18.8 Å². The van der Waals surface area contributed by atoms with Gasteiger partial charge in [0, 0.05) is 35.7 Å². The van der Waals surface area contributed by atoms with Crippen LogP contribution in [0.3, 0.4) is 0 Å². The number of hydrogen-bond acceptors (Lipinski definition) is 4. The minimum Gasteiger partial charge on any atom is -0.298 e. The molecule has 0 saturated carbocycles. The van der Waals surface area contributed by atoms with Gasteiger partial charge in [0.15, 0.2) is 0 Å². The van der Waals surface area contributed by atoms with E-state index in [0.717, 1.165) is 30.8 Å². The fourth-order valence-corrected chi connectivity index (χ4v) is 3.20. The van der Waals surface area contributed by atoms with Crippen LogP contribution in [-0.4, -0.2) is 33.9 Å². The number of hydrogen-bond donors (Lipinski definition) is 0. The largest absolute Gasteiger partial charge is 0.298 e. The van der Waals surface area contributed by atoms with Crippen LogP contribution in [-0.2, 0) is 6.54 Å². The summed E-state index contributed by atoms with van der Waals surface area (Å²) in [6, 6.07) is 7.05. The molecule has 0 spiro atoms. The Morgan fingerprint density at radius 2 is 2.22 bits per heavy atom. The van der Waals surface area contributed by atoms with Crippen molar-refractivity contribution in [1.82, 2.24) is 4.90 Å². The predicted octanol–water partition coefficient (Wildman–Crippen LogP) is 2.92. The Kier molecular flexibility index (Phi) is 4.60. The van der Waals surface area contributed by atoms with E-state index in [4.69, 9.17) is 0 Å². The van der Waals surface area contributed by atoms with Crippen molar-refractivity contribution in [3.05, 3.63) is 39.9 Å². The molecule has 4 nitrogen and oxygen atoms in total. The van der Waals surface area contributed by atoms with E-state index in [9.17, 15) is 10.1 Å². The lowest BCUT2D eigenvalue weighted by Crippen LogP contribution is -2.26. The average molecular weight is 266 g/mol. The van der Waals surface area contributed by atoms with E-state index in [1.54, 1.807) is 12.1 Å². The van der Waals surface area contributed by atoms with Gasteiger partial charge in [-0.25, -0.2) is 0 Å². The molecule has 0 radical (unpaired) electrons. The van der Waals surface area contributed by atoms with Gasteiger partial charge in [0.1, 0.15) is 0 Å². The molecule has 1 aliphatic rings. The monoisotopic (exact) mass is 266 g/mol. The number of rotatable bonds is 3. The van der Waals surface area contributed by atoms with Gasteiger partial charge in [-0.2, -0.15) is 11.8 Å². The third-order valence-corrected chi connectivity index (χ3v) is 4.47. The first kappa shape index (κ1) is 13.4. The third-order valence-electron chi connectivity index (χ3n) is 3.24. The molecule has 1 atom stereocenters. The average Bonchev–Trinajstić information content (AvgIpc) is 2.55. The quantitative estimate of drug-likeness (QED) is 0.623. The summed E-state index contributed by atoms with van der Waals surface area (Å²) in [4.78, 5) is 13.0. The molecule has 0 aromatic heterocycles. The fraction of sp³-hybridized carbons (Fsp3) is 0.538. The van der Waals surface area contributed by atoms with Gasteiger partial charge in [-0.05, 0) is 13.0 Å². The van der Waals surface area contributed by atoms with E-state index >= 15 is 0 Å². The molecule has 0 aliphatic carbocycles. The maximum atomic E-state index is 11.0. The first-order valence-electron chi connectivity index (χ1n) is 6.23.